The molecule has 0 radical (unpaired) electrons. The maximum absolute atomic E-state index is 3.73. The Hall–Kier alpha value is -0.980. The van der Waals surface area contributed by atoms with Crippen molar-refractivity contribution in [1.29, 1.82) is 0 Å². The molecule has 16 heavy (non-hydrogen) atoms. The van der Waals surface area contributed by atoms with Gasteiger partial charge in [0, 0.05) is 11.2 Å². The van der Waals surface area contributed by atoms with Crippen molar-refractivity contribution in [1.82, 2.24) is 0 Å². The fourth-order valence-corrected chi connectivity index (χ4v) is 2.83. The number of hydrogen-bond donors (Lipinski definition) is 1. The number of benzene rings is 1. The van der Waals surface area contributed by atoms with Crippen molar-refractivity contribution in [2.75, 3.05) is 5.32 Å². The van der Waals surface area contributed by atoms with Crippen LogP contribution in [0.15, 0.2) is 18.2 Å². The zero-order valence-electron chi connectivity index (χ0n) is 11.1. The second-order valence-electron chi connectivity index (χ2n) is 5.56. The molecule has 1 heteroatoms. The van der Waals surface area contributed by atoms with Crippen LogP contribution in [0.3, 0.4) is 0 Å². The summed E-state index contributed by atoms with van der Waals surface area (Å²) in [5.74, 6) is 1.31. The Bertz CT molecular complexity index is 396. The molecule has 3 unspecified atom stereocenters. The molecule has 1 N–H and O–H groups in total. The SMILES string of the molecule is CCC1(C)Nc2ccc(C)cc2C(C)C1C. The average molecular weight is 217 g/mol. The number of hydrogen-bond acceptors (Lipinski definition) is 1. The number of fused-ring (bicyclic) bond motifs is 1. The Labute approximate surface area is 99.3 Å². The van der Waals surface area contributed by atoms with Gasteiger partial charge in [0.25, 0.3) is 0 Å². The van der Waals surface area contributed by atoms with Gasteiger partial charge in [0.15, 0.2) is 0 Å². The molecule has 1 heterocycles. The molecule has 1 aromatic carbocycles. The lowest BCUT2D eigenvalue weighted by atomic mass is 9.71. The van der Waals surface area contributed by atoms with Crippen molar-refractivity contribution >= 4 is 5.69 Å². The number of aryl methyl sites for hydroxylation is 1. The van der Waals surface area contributed by atoms with Gasteiger partial charge in [-0.15, -0.1) is 0 Å². The van der Waals surface area contributed by atoms with E-state index in [0.717, 1.165) is 0 Å². The minimum Gasteiger partial charge on any atom is -0.379 e. The van der Waals surface area contributed by atoms with Crippen molar-refractivity contribution in [3.8, 4) is 0 Å². The van der Waals surface area contributed by atoms with Crippen LogP contribution in [-0.4, -0.2) is 5.54 Å². The molecule has 0 saturated heterocycles. The monoisotopic (exact) mass is 217 g/mol. The highest BCUT2D eigenvalue weighted by molar-refractivity contribution is 5.58. The first kappa shape index (κ1) is 11.5. The highest BCUT2D eigenvalue weighted by Crippen LogP contribution is 2.44. The van der Waals surface area contributed by atoms with E-state index in [-0.39, 0.29) is 5.54 Å². The summed E-state index contributed by atoms with van der Waals surface area (Å²) in [7, 11) is 0. The molecule has 0 spiro atoms. The number of rotatable bonds is 1. The van der Waals surface area contributed by atoms with Crippen molar-refractivity contribution in [3.05, 3.63) is 29.3 Å². The third-order valence-electron chi connectivity index (χ3n) is 4.61. The summed E-state index contributed by atoms with van der Waals surface area (Å²) < 4.78 is 0. The molecule has 0 saturated carbocycles. The van der Waals surface area contributed by atoms with Gasteiger partial charge < -0.3 is 5.32 Å². The molecule has 3 atom stereocenters. The smallest absolute Gasteiger partial charge is 0.0380 e. The maximum atomic E-state index is 3.73. The van der Waals surface area contributed by atoms with E-state index in [1.54, 1.807) is 0 Å². The topological polar surface area (TPSA) is 12.0 Å². The van der Waals surface area contributed by atoms with Crippen LogP contribution in [-0.2, 0) is 0 Å². The predicted octanol–water partition coefficient (Wildman–Crippen LogP) is 4.33. The molecule has 0 aliphatic carbocycles. The first-order valence-corrected chi connectivity index (χ1v) is 6.36. The highest BCUT2D eigenvalue weighted by Gasteiger charge is 2.38. The molecular formula is C15H23N. The summed E-state index contributed by atoms with van der Waals surface area (Å²) in [6, 6.07) is 6.77. The summed E-state index contributed by atoms with van der Waals surface area (Å²) in [4.78, 5) is 0. The van der Waals surface area contributed by atoms with Gasteiger partial charge in [-0.3, -0.25) is 0 Å². The summed E-state index contributed by atoms with van der Waals surface area (Å²) in [5.41, 5.74) is 4.42. The minimum atomic E-state index is 0.238. The molecule has 88 valence electrons. The lowest BCUT2D eigenvalue weighted by molar-refractivity contribution is 0.284. The number of nitrogens with one attached hydrogen (secondary N) is 1. The van der Waals surface area contributed by atoms with Gasteiger partial charge >= 0.3 is 0 Å². The Morgan fingerprint density at radius 3 is 2.62 bits per heavy atom. The fourth-order valence-electron chi connectivity index (χ4n) is 2.83. The van der Waals surface area contributed by atoms with Gasteiger partial charge in [0.1, 0.15) is 0 Å². The van der Waals surface area contributed by atoms with Crippen molar-refractivity contribution in [2.24, 2.45) is 5.92 Å². The molecule has 0 fully saturated rings. The number of anilines is 1. The van der Waals surface area contributed by atoms with Crippen LogP contribution >= 0.6 is 0 Å². The molecule has 0 amide bonds. The Balaban J connectivity index is 2.48. The van der Waals surface area contributed by atoms with E-state index < -0.39 is 0 Å². The van der Waals surface area contributed by atoms with E-state index in [1.165, 1.54) is 23.2 Å². The molecule has 1 aliphatic rings. The lowest BCUT2D eigenvalue weighted by Gasteiger charge is -2.45. The standard InChI is InChI=1S/C15H23N/c1-6-15(5)12(4)11(3)13-9-10(2)7-8-14(13)16-15/h7-9,11-12,16H,6H2,1-5H3. The summed E-state index contributed by atoms with van der Waals surface area (Å²) in [6.45, 7) is 11.5. The molecule has 2 rings (SSSR count). The van der Waals surface area contributed by atoms with Gasteiger partial charge in [-0.1, -0.05) is 38.5 Å². The van der Waals surface area contributed by atoms with Gasteiger partial charge in [-0.25, -0.2) is 0 Å². The molecule has 0 bridgehead atoms. The van der Waals surface area contributed by atoms with E-state index in [1.807, 2.05) is 0 Å². The van der Waals surface area contributed by atoms with Crippen LogP contribution in [0.4, 0.5) is 5.69 Å². The van der Waals surface area contributed by atoms with E-state index in [9.17, 15) is 0 Å². The molecule has 1 aliphatic heterocycles. The van der Waals surface area contributed by atoms with E-state index in [0.29, 0.717) is 11.8 Å². The van der Waals surface area contributed by atoms with Gasteiger partial charge in [-0.2, -0.15) is 0 Å². The summed E-state index contributed by atoms with van der Waals surface area (Å²) in [6.07, 6.45) is 1.17. The zero-order chi connectivity index (χ0) is 11.9. The van der Waals surface area contributed by atoms with Gasteiger partial charge in [-0.05, 0) is 43.7 Å². The van der Waals surface area contributed by atoms with Crippen LogP contribution in [0.2, 0.25) is 0 Å². The average Bonchev–Trinajstić information content (AvgIpc) is 2.28. The van der Waals surface area contributed by atoms with Crippen molar-refractivity contribution in [2.45, 2.75) is 52.5 Å². The molecular weight excluding hydrogens is 194 g/mol. The first-order valence-electron chi connectivity index (χ1n) is 6.36. The minimum absolute atomic E-state index is 0.238. The van der Waals surface area contributed by atoms with Crippen LogP contribution < -0.4 is 5.32 Å². The quantitative estimate of drug-likeness (QED) is 0.738. The molecule has 0 aromatic heterocycles. The summed E-state index contributed by atoms with van der Waals surface area (Å²) >= 11 is 0. The molecule has 1 nitrogen and oxygen atoms in total. The lowest BCUT2D eigenvalue weighted by Crippen LogP contribution is -2.46. The van der Waals surface area contributed by atoms with Crippen LogP contribution in [0.1, 0.15) is 51.2 Å². The van der Waals surface area contributed by atoms with Crippen LogP contribution in [0.5, 0.6) is 0 Å². The Morgan fingerprint density at radius 1 is 1.31 bits per heavy atom. The third kappa shape index (κ3) is 1.63. The largest absolute Gasteiger partial charge is 0.379 e. The second-order valence-corrected chi connectivity index (χ2v) is 5.56. The fraction of sp³-hybridized carbons (Fsp3) is 0.600. The van der Waals surface area contributed by atoms with Crippen molar-refractivity contribution < 1.29 is 0 Å². The van der Waals surface area contributed by atoms with E-state index >= 15 is 0 Å². The Morgan fingerprint density at radius 2 is 2.00 bits per heavy atom. The predicted molar refractivity (Wildman–Crippen MR) is 71.1 cm³/mol. The zero-order valence-corrected chi connectivity index (χ0v) is 11.1. The Kier molecular flexibility index (Phi) is 2.73. The first-order chi connectivity index (χ1) is 7.48. The van der Waals surface area contributed by atoms with Crippen molar-refractivity contribution in [3.63, 3.8) is 0 Å². The highest BCUT2D eigenvalue weighted by atomic mass is 15.0. The normalized spacial score (nSPS) is 33.1. The van der Waals surface area contributed by atoms with Gasteiger partial charge in [0.05, 0.1) is 0 Å². The molecule has 1 aromatic rings. The summed E-state index contributed by atoms with van der Waals surface area (Å²) in [5, 5.41) is 3.73. The van der Waals surface area contributed by atoms with E-state index in [4.69, 9.17) is 0 Å². The second kappa shape index (κ2) is 3.80. The maximum Gasteiger partial charge on any atom is 0.0380 e. The third-order valence-corrected chi connectivity index (χ3v) is 4.61. The van der Waals surface area contributed by atoms with Gasteiger partial charge in [0.2, 0.25) is 0 Å². The van der Waals surface area contributed by atoms with Crippen LogP contribution in [0.25, 0.3) is 0 Å². The van der Waals surface area contributed by atoms with E-state index in [2.05, 4.69) is 58.1 Å². The van der Waals surface area contributed by atoms with Crippen LogP contribution in [0, 0.1) is 12.8 Å².